The Morgan fingerprint density at radius 3 is 2.22 bits per heavy atom. The number of likely N-dealkylation sites (tertiary alicyclic amines) is 1. The Morgan fingerprint density at radius 2 is 1.72 bits per heavy atom. The van der Waals surface area contributed by atoms with E-state index in [0.29, 0.717) is 25.7 Å². The number of carbonyl (C=O) groups excluding carboxylic acids is 1. The Kier molecular flexibility index (Phi) is 4.22. The highest BCUT2D eigenvalue weighted by Gasteiger charge is 2.31. The van der Waals surface area contributed by atoms with E-state index in [1.165, 1.54) is 0 Å². The molecular formula is C13H22N2O3. The molecule has 1 atom stereocenters. The van der Waals surface area contributed by atoms with Crippen molar-refractivity contribution in [2.45, 2.75) is 38.1 Å². The highest BCUT2D eigenvalue weighted by atomic mass is 16.4. The van der Waals surface area contributed by atoms with Crippen molar-refractivity contribution in [2.24, 2.45) is 11.8 Å². The molecular weight excluding hydrogens is 232 g/mol. The molecule has 0 bridgehead atoms. The Hall–Kier alpha value is -1.10. The molecule has 2 aliphatic rings. The van der Waals surface area contributed by atoms with Crippen molar-refractivity contribution in [2.75, 3.05) is 20.1 Å². The van der Waals surface area contributed by atoms with Gasteiger partial charge in [-0.05, 0) is 45.7 Å². The highest BCUT2D eigenvalue weighted by molar-refractivity contribution is 5.79. The molecule has 0 spiro atoms. The van der Waals surface area contributed by atoms with Gasteiger partial charge in [0.25, 0.3) is 0 Å². The normalized spacial score (nSPS) is 33.3. The average molecular weight is 254 g/mol. The number of aliphatic carboxylic acids is 1. The van der Waals surface area contributed by atoms with Gasteiger partial charge < -0.3 is 15.3 Å². The fourth-order valence-corrected chi connectivity index (χ4v) is 2.97. The molecule has 2 N–H and O–H groups in total. The van der Waals surface area contributed by atoms with Gasteiger partial charge in [0.05, 0.1) is 5.92 Å². The minimum atomic E-state index is -0.716. The van der Waals surface area contributed by atoms with Crippen LogP contribution in [-0.2, 0) is 9.59 Å². The first-order valence-corrected chi connectivity index (χ1v) is 6.78. The van der Waals surface area contributed by atoms with Crippen LogP contribution in [-0.4, -0.2) is 48.1 Å². The average Bonchev–Trinajstić information content (AvgIpc) is 2.75. The van der Waals surface area contributed by atoms with Crippen LogP contribution in [0, 0.1) is 11.8 Å². The lowest BCUT2D eigenvalue weighted by atomic mass is 9.81. The summed E-state index contributed by atoms with van der Waals surface area (Å²) in [5.41, 5.74) is 0. The van der Waals surface area contributed by atoms with Crippen molar-refractivity contribution in [1.82, 2.24) is 10.2 Å². The van der Waals surface area contributed by atoms with Crippen molar-refractivity contribution in [3.8, 4) is 0 Å². The minimum Gasteiger partial charge on any atom is -0.481 e. The fourth-order valence-electron chi connectivity index (χ4n) is 2.97. The van der Waals surface area contributed by atoms with E-state index in [1.807, 2.05) is 0 Å². The van der Waals surface area contributed by atoms with Crippen LogP contribution < -0.4 is 5.32 Å². The second kappa shape index (κ2) is 5.69. The van der Waals surface area contributed by atoms with Crippen molar-refractivity contribution in [3.63, 3.8) is 0 Å². The number of likely N-dealkylation sites (N-methyl/N-ethyl adjacent to an activating group) is 1. The number of carboxylic acid groups (broad SMARTS) is 1. The number of nitrogens with one attached hydrogen (secondary N) is 1. The van der Waals surface area contributed by atoms with Gasteiger partial charge in [-0.25, -0.2) is 0 Å². The summed E-state index contributed by atoms with van der Waals surface area (Å²) in [4.78, 5) is 25.1. The first kappa shape index (κ1) is 13.3. The maximum absolute atomic E-state index is 12.1. The zero-order valence-corrected chi connectivity index (χ0v) is 10.9. The summed E-state index contributed by atoms with van der Waals surface area (Å²) >= 11 is 0. The van der Waals surface area contributed by atoms with E-state index in [9.17, 15) is 9.59 Å². The van der Waals surface area contributed by atoms with Gasteiger partial charge in [-0.3, -0.25) is 9.59 Å². The molecule has 1 aliphatic carbocycles. The topological polar surface area (TPSA) is 69.6 Å². The Bertz CT molecular complexity index is 324. The largest absolute Gasteiger partial charge is 0.481 e. The van der Waals surface area contributed by atoms with Gasteiger partial charge in [0.15, 0.2) is 0 Å². The van der Waals surface area contributed by atoms with Crippen molar-refractivity contribution < 1.29 is 14.7 Å². The van der Waals surface area contributed by atoms with Crippen LogP contribution in [0.2, 0.25) is 0 Å². The number of amides is 1. The zero-order valence-electron chi connectivity index (χ0n) is 10.9. The van der Waals surface area contributed by atoms with E-state index in [0.717, 1.165) is 19.5 Å². The van der Waals surface area contributed by atoms with Crippen molar-refractivity contribution >= 4 is 11.9 Å². The van der Waals surface area contributed by atoms with Crippen molar-refractivity contribution in [1.29, 1.82) is 0 Å². The minimum absolute atomic E-state index is 0.0199. The molecule has 1 unspecified atom stereocenters. The zero-order chi connectivity index (χ0) is 13.1. The Labute approximate surface area is 108 Å². The molecule has 0 aromatic heterocycles. The van der Waals surface area contributed by atoms with Crippen LogP contribution in [0.3, 0.4) is 0 Å². The van der Waals surface area contributed by atoms with Gasteiger partial charge in [0.2, 0.25) is 5.91 Å². The van der Waals surface area contributed by atoms with Gasteiger partial charge in [-0.15, -0.1) is 0 Å². The number of carboxylic acids is 1. The SMILES string of the molecule is CN1CCC(NC(=O)C2CCC(C(=O)O)CC2)C1. The van der Waals surface area contributed by atoms with Gasteiger partial charge in [0, 0.05) is 18.5 Å². The maximum atomic E-state index is 12.1. The molecule has 1 saturated carbocycles. The molecule has 1 heterocycles. The van der Waals surface area contributed by atoms with E-state index in [4.69, 9.17) is 5.11 Å². The molecule has 2 fully saturated rings. The summed E-state index contributed by atoms with van der Waals surface area (Å²) in [7, 11) is 2.06. The standard InChI is InChI=1S/C13H22N2O3/c1-15-7-6-11(8-15)14-12(16)9-2-4-10(5-3-9)13(17)18/h9-11H,2-8H2,1H3,(H,14,16)(H,17,18). The molecule has 5 heteroatoms. The van der Waals surface area contributed by atoms with Crippen LogP contribution >= 0.6 is 0 Å². The van der Waals surface area contributed by atoms with Crippen LogP contribution in [0.1, 0.15) is 32.1 Å². The molecule has 0 aromatic carbocycles. The lowest BCUT2D eigenvalue weighted by Crippen LogP contribution is -2.41. The van der Waals surface area contributed by atoms with E-state index >= 15 is 0 Å². The third-order valence-electron chi connectivity index (χ3n) is 4.18. The summed E-state index contributed by atoms with van der Waals surface area (Å²) in [5, 5.41) is 12.0. The van der Waals surface area contributed by atoms with E-state index in [1.54, 1.807) is 0 Å². The molecule has 5 nitrogen and oxygen atoms in total. The third kappa shape index (κ3) is 3.22. The summed E-state index contributed by atoms with van der Waals surface area (Å²) in [6, 6.07) is 0.277. The van der Waals surface area contributed by atoms with Crippen LogP contribution in [0.4, 0.5) is 0 Å². The summed E-state index contributed by atoms with van der Waals surface area (Å²) in [5.74, 6) is -0.816. The number of rotatable bonds is 3. The number of carbonyl (C=O) groups is 2. The molecule has 0 aromatic rings. The van der Waals surface area contributed by atoms with Gasteiger partial charge in [0.1, 0.15) is 0 Å². The molecule has 1 aliphatic heterocycles. The predicted molar refractivity (Wildman–Crippen MR) is 67.1 cm³/mol. The lowest BCUT2D eigenvalue weighted by Gasteiger charge is -2.26. The van der Waals surface area contributed by atoms with Crippen molar-refractivity contribution in [3.05, 3.63) is 0 Å². The van der Waals surface area contributed by atoms with E-state index in [2.05, 4.69) is 17.3 Å². The van der Waals surface area contributed by atoms with E-state index < -0.39 is 5.97 Å². The fraction of sp³-hybridized carbons (Fsp3) is 0.846. The van der Waals surface area contributed by atoms with Crippen LogP contribution in [0.25, 0.3) is 0 Å². The van der Waals surface area contributed by atoms with Crippen LogP contribution in [0.5, 0.6) is 0 Å². The maximum Gasteiger partial charge on any atom is 0.306 e. The quantitative estimate of drug-likeness (QED) is 0.778. The lowest BCUT2D eigenvalue weighted by molar-refractivity contribution is -0.144. The Balaban J connectivity index is 1.75. The summed E-state index contributed by atoms with van der Waals surface area (Å²) < 4.78 is 0. The molecule has 18 heavy (non-hydrogen) atoms. The molecule has 102 valence electrons. The predicted octanol–water partition coefficient (Wildman–Crippen LogP) is 0.698. The smallest absolute Gasteiger partial charge is 0.306 e. The first-order valence-electron chi connectivity index (χ1n) is 6.78. The molecule has 0 radical (unpaired) electrons. The van der Waals surface area contributed by atoms with E-state index in [-0.39, 0.29) is 23.8 Å². The highest BCUT2D eigenvalue weighted by Crippen LogP contribution is 2.29. The van der Waals surface area contributed by atoms with Gasteiger partial charge in [-0.1, -0.05) is 0 Å². The second-order valence-corrected chi connectivity index (χ2v) is 5.64. The van der Waals surface area contributed by atoms with Crippen LogP contribution in [0.15, 0.2) is 0 Å². The summed E-state index contributed by atoms with van der Waals surface area (Å²) in [6.07, 6.45) is 3.72. The number of hydrogen-bond acceptors (Lipinski definition) is 3. The second-order valence-electron chi connectivity index (χ2n) is 5.64. The molecule has 1 amide bonds. The monoisotopic (exact) mass is 254 g/mol. The summed E-state index contributed by atoms with van der Waals surface area (Å²) in [6.45, 7) is 1.97. The molecule has 2 rings (SSSR count). The number of nitrogens with zero attached hydrogens (tertiary/aromatic N) is 1. The Morgan fingerprint density at radius 1 is 1.11 bits per heavy atom. The number of hydrogen-bond donors (Lipinski definition) is 2. The first-order chi connectivity index (χ1) is 8.56. The van der Waals surface area contributed by atoms with Gasteiger partial charge >= 0.3 is 5.97 Å². The van der Waals surface area contributed by atoms with Gasteiger partial charge in [-0.2, -0.15) is 0 Å². The molecule has 1 saturated heterocycles. The third-order valence-corrected chi connectivity index (χ3v) is 4.18.